The van der Waals surface area contributed by atoms with Gasteiger partial charge in [-0.25, -0.2) is 4.52 Å². The Labute approximate surface area is 209 Å². The number of benzene rings is 3. The highest BCUT2D eigenvalue weighted by molar-refractivity contribution is 5.96. The molecule has 1 atom stereocenters. The van der Waals surface area contributed by atoms with E-state index in [1.54, 1.807) is 11.4 Å². The van der Waals surface area contributed by atoms with Gasteiger partial charge < -0.3 is 15.2 Å². The largest absolute Gasteiger partial charge is 0.343 e. The van der Waals surface area contributed by atoms with E-state index < -0.39 is 0 Å². The van der Waals surface area contributed by atoms with Gasteiger partial charge in [-0.05, 0) is 50.3 Å². The summed E-state index contributed by atoms with van der Waals surface area (Å²) in [4.78, 5) is 31.6. The number of fused-ring (bicyclic) bond motifs is 2. The quantitative estimate of drug-likeness (QED) is 0.376. The van der Waals surface area contributed by atoms with E-state index in [2.05, 4.69) is 27.5 Å². The van der Waals surface area contributed by atoms with Crippen molar-refractivity contribution in [1.29, 1.82) is 0 Å². The van der Waals surface area contributed by atoms with Gasteiger partial charge in [-0.1, -0.05) is 66.7 Å². The van der Waals surface area contributed by atoms with Gasteiger partial charge >= 0.3 is 0 Å². The molecule has 0 bridgehead atoms. The molecule has 2 heterocycles. The number of aryl methyl sites for hydroxylation is 2. The zero-order valence-corrected chi connectivity index (χ0v) is 20.9. The fourth-order valence-electron chi connectivity index (χ4n) is 4.73. The van der Waals surface area contributed by atoms with Crippen LogP contribution in [-0.2, 0) is 0 Å². The predicted molar refractivity (Wildman–Crippen MR) is 143 cm³/mol. The molecule has 3 aromatic carbocycles. The fourth-order valence-corrected chi connectivity index (χ4v) is 4.73. The molecule has 0 fully saturated rings. The van der Waals surface area contributed by atoms with Gasteiger partial charge in [0, 0.05) is 17.7 Å². The molecule has 0 unspecified atom stereocenters. The zero-order valence-electron chi connectivity index (χ0n) is 20.9. The van der Waals surface area contributed by atoms with Crippen molar-refractivity contribution in [1.82, 2.24) is 24.8 Å². The number of carbonyl (C=O) groups is 1. The molecule has 0 saturated carbocycles. The van der Waals surface area contributed by atoms with Crippen LogP contribution in [0.4, 0.5) is 0 Å². The van der Waals surface area contributed by atoms with Crippen molar-refractivity contribution in [3.8, 4) is 11.3 Å². The molecule has 5 rings (SSSR count). The monoisotopic (exact) mass is 479 g/mol. The van der Waals surface area contributed by atoms with Crippen LogP contribution in [0.15, 0.2) is 77.6 Å². The van der Waals surface area contributed by atoms with Crippen molar-refractivity contribution < 1.29 is 4.79 Å². The number of carbonyl (C=O) groups excluding carboxylic acids is 1. The van der Waals surface area contributed by atoms with E-state index >= 15 is 0 Å². The number of hydrogen-bond acceptors (Lipinski definition) is 4. The summed E-state index contributed by atoms with van der Waals surface area (Å²) in [6.45, 7) is 4.30. The average Bonchev–Trinajstić information content (AvgIpc) is 3.24. The first-order chi connectivity index (χ1) is 17.3. The number of aromatic amines is 1. The van der Waals surface area contributed by atoms with Crippen molar-refractivity contribution in [2.24, 2.45) is 0 Å². The van der Waals surface area contributed by atoms with Gasteiger partial charge in [0.2, 0.25) is 0 Å². The Bertz CT molecular complexity index is 1630. The molecule has 0 aliphatic rings. The van der Waals surface area contributed by atoms with Crippen LogP contribution in [0.25, 0.3) is 27.5 Å². The molecular weight excluding hydrogens is 450 g/mol. The van der Waals surface area contributed by atoms with Crippen molar-refractivity contribution in [2.75, 3.05) is 20.6 Å². The summed E-state index contributed by atoms with van der Waals surface area (Å²) in [7, 11) is 3.94. The van der Waals surface area contributed by atoms with Crippen LogP contribution >= 0.6 is 0 Å². The number of likely N-dealkylation sites (N-methyl/N-ethyl adjacent to an activating group) is 1. The Kier molecular flexibility index (Phi) is 6.16. The Hall–Kier alpha value is -4.23. The summed E-state index contributed by atoms with van der Waals surface area (Å²) in [5.74, 6) is -0.307. The lowest BCUT2D eigenvalue weighted by Gasteiger charge is -2.22. The number of nitrogens with one attached hydrogen (secondary N) is 2. The summed E-state index contributed by atoms with van der Waals surface area (Å²) < 4.78 is 1.59. The van der Waals surface area contributed by atoms with E-state index in [0.717, 1.165) is 27.6 Å². The number of hydrogen-bond donors (Lipinski definition) is 2. The lowest BCUT2D eigenvalue weighted by atomic mass is 10.0. The van der Waals surface area contributed by atoms with E-state index in [0.29, 0.717) is 23.3 Å². The Morgan fingerprint density at radius 3 is 2.42 bits per heavy atom. The molecule has 5 aromatic rings. The summed E-state index contributed by atoms with van der Waals surface area (Å²) in [5.41, 5.74) is 4.25. The predicted octanol–water partition coefficient (Wildman–Crippen LogP) is 4.49. The standard InChI is InChI=1S/C29H29N5O2/c1-18-25(28(35)30-24(17-33(3)4)21-11-6-5-7-12-21)32-34-19(2)26(31-29(36)27(18)34)23-15-14-20-10-8-9-13-22(20)16-23/h5-16,24H,17H2,1-4H3,(H,30,35)(H,31,36)/t24-/m0/s1. The zero-order chi connectivity index (χ0) is 25.4. The fraction of sp³-hybridized carbons (Fsp3) is 0.207. The number of amides is 1. The van der Waals surface area contributed by atoms with Crippen molar-refractivity contribution in [2.45, 2.75) is 19.9 Å². The number of nitrogens with zero attached hydrogens (tertiary/aromatic N) is 3. The molecule has 182 valence electrons. The van der Waals surface area contributed by atoms with Crippen LogP contribution in [0.1, 0.15) is 33.4 Å². The van der Waals surface area contributed by atoms with Gasteiger partial charge in [-0.3, -0.25) is 9.59 Å². The van der Waals surface area contributed by atoms with E-state index in [-0.39, 0.29) is 23.2 Å². The summed E-state index contributed by atoms with van der Waals surface area (Å²) in [5, 5.41) is 9.95. The minimum Gasteiger partial charge on any atom is -0.343 e. The second kappa shape index (κ2) is 9.43. The van der Waals surface area contributed by atoms with E-state index in [9.17, 15) is 9.59 Å². The van der Waals surface area contributed by atoms with Crippen LogP contribution in [0.5, 0.6) is 0 Å². The highest BCUT2D eigenvalue weighted by Gasteiger charge is 2.24. The normalized spacial score (nSPS) is 12.4. The molecule has 7 heteroatoms. The van der Waals surface area contributed by atoms with Crippen LogP contribution in [-0.4, -0.2) is 46.0 Å². The second-order valence-electron chi connectivity index (χ2n) is 9.41. The first kappa shape index (κ1) is 23.5. The SMILES string of the molecule is Cc1c(C(=O)N[C@@H](CN(C)C)c2ccccc2)nn2c(C)c(-c3ccc4ccccc4c3)[nH]c(=O)c12. The lowest BCUT2D eigenvalue weighted by molar-refractivity contribution is 0.0924. The Morgan fingerprint density at radius 2 is 1.69 bits per heavy atom. The summed E-state index contributed by atoms with van der Waals surface area (Å²) >= 11 is 0. The molecule has 36 heavy (non-hydrogen) atoms. The summed E-state index contributed by atoms with van der Waals surface area (Å²) in [6, 6.07) is 23.8. The molecule has 0 aliphatic heterocycles. The Balaban J connectivity index is 1.55. The first-order valence-corrected chi connectivity index (χ1v) is 12.0. The molecule has 1 amide bonds. The maximum atomic E-state index is 13.4. The molecule has 0 radical (unpaired) electrons. The van der Waals surface area contributed by atoms with Crippen molar-refractivity contribution >= 4 is 22.2 Å². The van der Waals surface area contributed by atoms with Gasteiger partial charge in [-0.15, -0.1) is 0 Å². The smallest absolute Gasteiger partial charge is 0.274 e. The van der Waals surface area contributed by atoms with Crippen LogP contribution in [0.3, 0.4) is 0 Å². The maximum Gasteiger partial charge on any atom is 0.274 e. The van der Waals surface area contributed by atoms with E-state index in [1.807, 2.05) is 86.6 Å². The number of aromatic nitrogens is 3. The van der Waals surface area contributed by atoms with Crippen molar-refractivity contribution in [3.63, 3.8) is 0 Å². The highest BCUT2D eigenvalue weighted by Crippen LogP contribution is 2.26. The average molecular weight is 480 g/mol. The minimum absolute atomic E-state index is 0.217. The molecule has 2 aromatic heterocycles. The molecule has 0 aliphatic carbocycles. The molecular formula is C29H29N5O2. The van der Waals surface area contributed by atoms with Gasteiger partial charge in [0.05, 0.1) is 17.4 Å². The van der Waals surface area contributed by atoms with E-state index in [4.69, 9.17) is 0 Å². The maximum absolute atomic E-state index is 13.4. The molecule has 2 N–H and O–H groups in total. The van der Waals surface area contributed by atoms with Crippen LogP contribution in [0, 0.1) is 13.8 Å². The van der Waals surface area contributed by atoms with Gasteiger partial charge in [-0.2, -0.15) is 5.10 Å². The molecule has 7 nitrogen and oxygen atoms in total. The van der Waals surface area contributed by atoms with Gasteiger partial charge in [0.15, 0.2) is 5.69 Å². The Morgan fingerprint density at radius 1 is 1.00 bits per heavy atom. The van der Waals surface area contributed by atoms with Gasteiger partial charge in [0.1, 0.15) is 5.52 Å². The topological polar surface area (TPSA) is 82.5 Å². The third-order valence-electron chi connectivity index (χ3n) is 6.56. The first-order valence-electron chi connectivity index (χ1n) is 12.0. The number of rotatable bonds is 6. The van der Waals surface area contributed by atoms with Gasteiger partial charge in [0.25, 0.3) is 11.5 Å². The highest BCUT2D eigenvalue weighted by atomic mass is 16.2. The summed E-state index contributed by atoms with van der Waals surface area (Å²) in [6.07, 6.45) is 0. The molecule has 0 spiro atoms. The molecule has 0 saturated heterocycles. The third-order valence-corrected chi connectivity index (χ3v) is 6.56. The minimum atomic E-state index is -0.307. The van der Waals surface area contributed by atoms with E-state index in [1.165, 1.54) is 0 Å². The van der Waals surface area contributed by atoms with Crippen LogP contribution < -0.4 is 10.9 Å². The number of H-pyrrole nitrogens is 1. The third kappa shape index (κ3) is 4.29. The second-order valence-corrected chi connectivity index (χ2v) is 9.41. The van der Waals surface area contributed by atoms with Crippen LogP contribution in [0.2, 0.25) is 0 Å². The van der Waals surface area contributed by atoms with Crippen molar-refractivity contribution in [3.05, 3.63) is 106 Å². The lowest BCUT2D eigenvalue weighted by Crippen LogP contribution is -2.35.